The second-order valence-corrected chi connectivity index (χ2v) is 7.54. The first-order valence-corrected chi connectivity index (χ1v) is 9.45. The monoisotopic (exact) mass is 508 g/mol. The van der Waals surface area contributed by atoms with Crippen molar-refractivity contribution < 1.29 is 4.42 Å². The zero-order chi connectivity index (χ0) is 20.0. The van der Waals surface area contributed by atoms with Crippen LogP contribution >= 0.6 is 24.0 Å². The predicted octanol–water partition coefficient (Wildman–Crippen LogP) is 3.92. The minimum atomic E-state index is -0.0480. The fourth-order valence-electron chi connectivity index (χ4n) is 2.65. The van der Waals surface area contributed by atoms with Crippen molar-refractivity contribution in [3.05, 3.63) is 54.2 Å². The van der Waals surface area contributed by atoms with E-state index in [1.54, 1.807) is 13.2 Å². The standard InChI is InChI=1S/C21H28N6O.HI/c1-21(2,3)17-13-25-19(28-17)14-26-20(22-4)24-12-11-23-18-10-9-15-7-5-6-8-16(15)27-18;/h5-10,13H,11-12,14H2,1-4H3,(H,23,27)(H2,22,24,26);1H. The van der Waals surface area contributed by atoms with Crippen molar-refractivity contribution in [2.45, 2.75) is 32.7 Å². The molecular weight excluding hydrogens is 479 g/mol. The van der Waals surface area contributed by atoms with Crippen LogP contribution in [0.15, 0.2) is 52.0 Å². The van der Waals surface area contributed by atoms with Gasteiger partial charge in [0.05, 0.1) is 18.3 Å². The minimum Gasteiger partial charge on any atom is -0.443 e. The molecule has 0 radical (unpaired) electrons. The van der Waals surface area contributed by atoms with Crippen molar-refractivity contribution in [2.75, 3.05) is 25.5 Å². The fraction of sp³-hybridized carbons (Fsp3) is 0.381. The smallest absolute Gasteiger partial charge is 0.213 e. The molecule has 7 nitrogen and oxygen atoms in total. The average molecular weight is 508 g/mol. The number of halogens is 1. The number of aliphatic imine (C=N–C) groups is 1. The van der Waals surface area contributed by atoms with Gasteiger partial charge in [-0.1, -0.05) is 39.0 Å². The van der Waals surface area contributed by atoms with Crippen LogP contribution < -0.4 is 16.0 Å². The van der Waals surface area contributed by atoms with Crippen LogP contribution in [0.1, 0.15) is 32.4 Å². The number of pyridine rings is 1. The van der Waals surface area contributed by atoms with Gasteiger partial charge < -0.3 is 20.4 Å². The largest absolute Gasteiger partial charge is 0.443 e. The zero-order valence-corrected chi connectivity index (χ0v) is 19.7. The normalized spacial score (nSPS) is 11.8. The number of benzene rings is 1. The lowest BCUT2D eigenvalue weighted by molar-refractivity contribution is 0.379. The molecule has 156 valence electrons. The molecule has 3 rings (SSSR count). The molecule has 8 heteroatoms. The van der Waals surface area contributed by atoms with E-state index in [1.807, 2.05) is 24.3 Å². The van der Waals surface area contributed by atoms with E-state index in [-0.39, 0.29) is 29.4 Å². The highest BCUT2D eigenvalue weighted by atomic mass is 127. The molecule has 0 amide bonds. The Hall–Kier alpha value is -2.36. The maximum atomic E-state index is 5.78. The molecule has 0 aliphatic carbocycles. The lowest BCUT2D eigenvalue weighted by Gasteiger charge is -2.13. The second-order valence-electron chi connectivity index (χ2n) is 7.54. The third-order valence-corrected chi connectivity index (χ3v) is 4.25. The lowest BCUT2D eigenvalue weighted by atomic mass is 9.94. The molecule has 0 bridgehead atoms. The molecule has 1 aromatic carbocycles. The average Bonchev–Trinajstić information content (AvgIpc) is 3.17. The van der Waals surface area contributed by atoms with Crippen LogP contribution in [0.3, 0.4) is 0 Å². The summed E-state index contributed by atoms with van der Waals surface area (Å²) in [6, 6.07) is 12.1. The Labute approximate surface area is 188 Å². The molecule has 0 spiro atoms. The Kier molecular flexibility index (Phi) is 8.24. The molecule has 0 unspecified atom stereocenters. The SMILES string of the molecule is CN=C(NCCNc1ccc2ccccc2n1)NCc1ncc(C(C)(C)C)o1.I. The third kappa shape index (κ3) is 6.59. The van der Waals surface area contributed by atoms with Crippen LogP contribution in [-0.4, -0.2) is 36.1 Å². The summed E-state index contributed by atoms with van der Waals surface area (Å²) in [5, 5.41) is 10.9. The summed E-state index contributed by atoms with van der Waals surface area (Å²) >= 11 is 0. The second kappa shape index (κ2) is 10.4. The third-order valence-electron chi connectivity index (χ3n) is 4.25. The van der Waals surface area contributed by atoms with Crippen LogP contribution in [0.5, 0.6) is 0 Å². The predicted molar refractivity (Wildman–Crippen MR) is 129 cm³/mol. The van der Waals surface area contributed by atoms with Crippen molar-refractivity contribution >= 4 is 46.7 Å². The molecular formula is C21H29IN6O. The van der Waals surface area contributed by atoms with Gasteiger partial charge in [-0.25, -0.2) is 9.97 Å². The van der Waals surface area contributed by atoms with Crippen LogP contribution in [0.2, 0.25) is 0 Å². The Balaban J connectivity index is 0.00000300. The van der Waals surface area contributed by atoms with Gasteiger partial charge in [-0.3, -0.25) is 4.99 Å². The van der Waals surface area contributed by atoms with Gasteiger partial charge in [-0.05, 0) is 18.2 Å². The number of aromatic nitrogens is 2. The van der Waals surface area contributed by atoms with E-state index in [0.29, 0.717) is 24.9 Å². The van der Waals surface area contributed by atoms with Gasteiger partial charge in [-0.2, -0.15) is 0 Å². The van der Waals surface area contributed by atoms with Crippen LogP contribution in [0, 0.1) is 0 Å². The number of guanidine groups is 1. The van der Waals surface area contributed by atoms with Gasteiger partial charge in [0.15, 0.2) is 5.96 Å². The van der Waals surface area contributed by atoms with Crippen LogP contribution in [0.4, 0.5) is 5.82 Å². The molecule has 0 aliphatic rings. The summed E-state index contributed by atoms with van der Waals surface area (Å²) in [6.45, 7) is 8.20. The van der Waals surface area contributed by atoms with Crippen molar-refractivity contribution in [1.29, 1.82) is 0 Å². The van der Waals surface area contributed by atoms with E-state index in [4.69, 9.17) is 4.42 Å². The summed E-state index contributed by atoms with van der Waals surface area (Å²) in [5.74, 6) is 3.08. The maximum absolute atomic E-state index is 5.78. The number of rotatable bonds is 6. The molecule has 0 aliphatic heterocycles. The lowest BCUT2D eigenvalue weighted by Crippen LogP contribution is -2.39. The van der Waals surface area contributed by atoms with E-state index < -0.39 is 0 Å². The van der Waals surface area contributed by atoms with E-state index >= 15 is 0 Å². The fourth-order valence-corrected chi connectivity index (χ4v) is 2.65. The van der Waals surface area contributed by atoms with Crippen molar-refractivity contribution in [2.24, 2.45) is 4.99 Å². The molecule has 2 heterocycles. The number of anilines is 1. The van der Waals surface area contributed by atoms with E-state index in [1.165, 1.54) is 0 Å². The molecule has 2 aromatic heterocycles. The summed E-state index contributed by atoms with van der Waals surface area (Å²) in [7, 11) is 1.74. The first kappa shape index (κ1) is 22.9. The quantitative estimate of drug-likeness (QED) is 0.203. The zero-order valence-electron chi connectivity index (χ0n) is 17.3. The maximum Gasteiger partial charge on any atom is 0.213 e. The minimum absolute atomic E-state index is 0. The topological polar surface area (TPSA) is 87.4 Å². The van der Waals surface area contributed by atoms with Gasteiger partial charge in [-0.15, -0.1) is 24.0 Å². The number of oxazole rings is 1. The van der Waals surface area contributed by atoms with E-state index in [0.717, 1.165) is 29.0 Å². The molecule has 0 saturated carbocycles. The van der Waals surface area contributed by atoms with E-state index in [9.17, 15) is 0 Å². The Bertz CT molecular complexity index is 947. The molecule has 0 fully saturated rings. The number of hydrogen-bond donors (Lipinski definition) is 3. The summed E-state index contributed by atoms with van der Waals surface area (Å²) in [5.41, 5.74) is 0.937. The van der Waals surface area contributed by atoms with Crippen LogP contribution in [-0.2, 0) is 12.0 Å². The van der Waals surface area contributed by atoms with Crippen molar-refractivity contribution in [1.82, 2.24) is 20.6 Å². The Morgan fingerprint density at radius 2 is 1.86 bits per heavy atom. The molecule has 3 N–H and O–H groups in total. The number of fused-ring (bicyclic) bond motifs is 1. The van der Waals surface area contributed by atoms with E-state index in [2.05, 4.69) is 63.8 Å². The summed E-state index contributed by atoms with van der Waals surface area (Å²) in [6.07, 6.45) is 1.79. The Morgan fingerprint density at radius 1 is 1.07 bits per heavy atom. The van der Waals surface area contributed by atoms with Crippen molar-refractivity contribution in [3.63, 3.8) is 0 Å². The highest BCUT2D eigenvalue weighted by Crippen LogP contribution is 2.22. The van der Waals surface area contributed by atoms with Gasteiger partial charge in [0.25, 0.3) is 0 Å². The molecule has 0 saturated heterocycles. The van der Waals surface area contributed by atoms with Gasteiger partial charge in [0.1, 0.15) is 11.6 Å². The number of hydrogen-bond acceptors (Lipinski definition) is 5. The van der Waals surface area contributed by atoms with Gasteiger partial charge in [0.2, 0.25) is 5.89 Å². The highest BCUT2D eigenvalue weighted by molar-refractivity contribution is 14.0. The summed E-state index contributed by atoms with van der Waals surface area (Å²) in [4.78, 5) is 13.1. The first-order chi connectivity index (χ1) is 13.5. The summed E-state index contributed by atoms with van der Waals surface area (Å²) < 4.78 is 5.78. The molecule has 3 aromatic rings. The van der Waals surface area contributed by atoms with Crippen molar-refractivity contribution in [3.8, 4) is 0 Å². The highest BCUT2D eigenvalue weighted by Gasteiger charge is 2.19. The number of nitrogens with one attached hydrogen (secondary N) is 3. The van der Waals surface area contributed by atoms with Gasteiger partial charge in [0, 0.05) is 30.9 Å². The molecule has 29 heavy (non-hydrogen) atoms. The van der Waals surface area contributed by atoms with Crippen LogP contribution in [0.25, 0.3) is 10.9 Å². The number of nitrogens with zero attached hydrogens (tertiary/aromatic N) is 3. The first-order valence-electron chi connectivity index (χ1n) is 9.45. The molecule has 0 atom stereocenters. The van der Waals surface area contributed by atoms with Gasteiger partial charge >= 0.3 is 0 Å². The Morgan fingerprint density at radius 3 is 2.59 bits per heavy atom. The number of para-hydroxylation sites is 1.